The van der Waals surface area contributed by atoms with Crippen LogP contribution in [0.3, 0.4) is 0 Å². The van der Waals surface area contributed by atoms with E-state index in [-0.39, 0.29) is 22.4 Å². The average molecular weight is 213 g/mol. The third-order valence-corrected chi connectivity index (χ3v) is 4.12. The lowest BCUT2D eigenvalue weighted by molar-refractivity contribution is 0.473. The van der Waals surface area contributed by atoms with Gasteiger partial charge in [0.25, 0.3) is 0 Å². The van der Waals surface area contributed by atoms with Crippen molar-refractivity contribution in [2.45, 2.75) is 17.9 Å². The van der Waals surface area contributed by atoms with E-state index in [1.54, 1.807) is 6.07 Å². The highest BCUT2D eigenvalue weighted by atomic mass is 32.2. The molecule has 1 heterocycles. The summed E-state index contributed by atoms with van der Waals surface area (Å²) in [4.78, 5) is 0.190. The summed E-state index contributed by atoms with van der Waals surface area (Å²) >= 11 is 0. The maximum Gasteiger partial charge on any atom is 0.182 e. The fraction of sp³-hybridized carbons (Fsp3) is 0.333. The van der Waals surface area contributed by atoms with E-state index in [1.807, 2.05) is 6.92 Å². The number of hydrogen-bond donors (Lipinski definition) is 2. The minimum absolute atomic E-state index is 0.0244. The summed E-state index contributed by atoms with van der Waals surface area (Å²) in [5.74, 6) is 0.0485. The van der Waals surface area contributed by atoms with Crippen molar-refractivity contribution in [2.24, 2.45) is 0 Å². The van der Waals surface area contributed by atoms with E-state index in [0.29, 0.717) is 5.69 Å². The van der Waals surface area contributed by atoms with Gasteiger partial charge in [-0.15, -0.1) is 0 Å². The molecule has 1 aliphatic rings. The summed E-state index contributed by atoms with van der Waals surface area (Å²) in [6.45, 7) is 1.81. The highest BCUT2D eigenvalue weighted by Gasteiger charge is 2.27. The van der Waals surface area contributed by atoms with Crippen molar-refractivity contribution in [3.05, 3.63) is 18.2 Å². The minimum atomic E-state index is -3.24. The lowest BCUT2D eigenvalue weighted by atomic mass is 10.2. The van der Waals surface area contributed by atoms with Crippen LogP contribution in [0.4, 0.5) is 5.69 Å². The molecule has 4 nitrogen and oxygen atoms in total. The Hall–Kier alpha value is -1.23. The first-order valence-corrected chi connectivity index (χ1v) is 5.96. The molecule has 1 unspecified atom stereocenters. The van der Waals surface area contributed by atoms with Crippen molar-refractivity contribution in [2.75, 3.05) is 11.1 Å². The van der Waals surface area contributed by atoms with Gasteiger partial charge in [0.15, 0.2) is 9.84 Å². The Balaban J connectivity index is 2.65. The number of aromatic hydroxyl groups is 1. The van der Waals surface area contributed by atoms with Crippen LogP contribution in [0.15, 0.2) is 23.1 Å². The monoisotopic (exact) mass is 213 g/mol. The molecule has 1 aromatic rings. The topological polar surface area (TPSA) is 66.4 Å². The van der Waals surface area contributed by atoms with E-state index >= 15 is 0 Å². The van der Waals surface area contributed by atoms with Crippen molar-refractivity contribution in [3.8, 4) is 5.75 Å². The van der Waals surface area contributed by atoms with Gasteiger partial charge in [-0.05, 0) is 19.1 Å². The fourth-order valence-electron chi connectivity index (χ4n) is 1.61. The second kappa shape index (κ2) is 2.88. The maximum absolute atomic E-state index is 11.7. The summed E-state index contributed by atoms with van der Waals surface area (Å²) in [5, 5.41) is 12.2. The first kappa shape index (κ1) is 9.33. The van der Waals surface area contributed by atoms with Gasteiger partial charge in [-0.1, -0.05) is 0 Å². The van der Waals surface area contributed by atoms with Crippen LogP contribution < -0.4 is 5.32 Å². The van der Waals surface area contributed by atoms with Crippen molar-refractivity contribution in [3.63, 3.8) is 0 Å². The van der Waals surface area contributed by atoms with Crippen LogP contribution >= 0.6 is 0 Å². The van der Waals surface area contributed by atoms with E-state index < -0.39 is 9.84 Å². The third-order valence-electron chi connectivity index (χ3n) is 2.17. The van der Waals surface area contributed by atoms with Crippen LogP contribution in [-0.2, 0) is 9.84 Å². The van der Waals surface area contributed by atoms with E-state index in [2.05, 4.69) is 5.32 Å². The summed E-state index contributed by atoms with van der Waals surface area (Å²) in [5.41, 5.74) is 0.571. The molecule has 0 radical (unpaired) electrons. The number of fused-ring (bicyclic) bond motifs is 1. The number of anilines is 1. The summed E-state index contributed by atoms with van der Waals surface area (Å²) in [7, 11) is -3.24. The molecule has 0 fully saturated rings. The number of phenols is 1. The van der Waals surface area contributed by atoms with Gasteiger partial charge in [0.1, 0.15) is 5.75 Å². The Bertz CT molecular complexity index is 467. The average Bonchev–Trinajstić information content (AvgIpc) is 2.05. The van der Waals surface area contributed by atoms with Gasteiger partial charge in [0, 0.05) is 12.1 Å². The smallest absolute Gasteiger partial charge is 0.182 e. The van der Waals surface area contributed by atoms with Crippen molar-refractivity contribution >= 4 is 15.5 Å². The highest BCUT2D eigenvalue weighted by molar-refractivity contribution is 7.91. The molecule has 0 amide bonds. The van der Waals surface area contributed by atoms with Crippen molar-refractivity contribution < 1.29 is 13.5 Å². The molecule has 0 saturated heterocycles. The van der Waals surface area contributed by atoms with E-state index in [4.69, 9.17) is 0 Å². The number of hydrogen-bond acceptors (Lipinski definition) is 4. The van der Waals surface area contributed by atoms with Crippen molar-refractivity contribution in [1.29, 1.82) is 0 Å². The number of rotatable bonds is 0. The largest absolute Gasteiger partial charge is 0.508 e. The van der Waals surface area contributed by atoms with Gasteiger partial charge in [0.2, 0.25) is 0 Å². The molecule has 2 rings (SSSR count). The Morgan fingerprint density at radius 3 is 2.93 bits per heavy atom. The lowest BCUT2D eigenvalue weighted by Crippen LogP contribution is -2.31. The zero-order chi connectivity index (χ0) is 10.3. The zero-order valence-corrected chi connectivity index (χ0v) is 8.50. The predicted octanol–water partition coefficient (Wildman–Crippen LogP) is 0.980. The Morgan fingerprint density at radius 2 is 2.21 bits per heavy atom. The molecule has 2 N–H and O–H groups in total. The van der Waals surface area contributed by atoms with Gasteiger partial charge >= 0.3 is 0 Å². The lowest BCUT2D eigenvalue weighted by Gasteiger charge is -2.23. The second-order valence-corrected chi connectivity index (χ2v) is 5.51. The van der Waals surface area contributed by atoms with Crippen LogP contribution in [0, 0.1) is 0 Å². The molecule has 1 aromatic carbocycles. The first-order valence-electron chi connectivity index (χ1n) is 4.31. The molecule has 0 saturated carbocycles. The molecule has 1 aliphatic heterocycles. The zero-order valence-electron chi connectivity index (χ0n) is 7.69. The predicted molar refractivity (Wildman–Crippen MR) is 53.2 cm³/mol. The molecule has 0 aromatic heterocycles. The van der Waals surface area contributed by atoms with Gasteiger partial charge < -0.3 is 10.4 Å². The van der Waals surface area contributed by atoms with E-state index in [1.165, 1.54) is 12.1 Å². The molecular weight excluding hydrogens is 202 g/mol. The van der Waals surface area contributed by atoms with Crippen LogP contribution in [0.1, 0.15) is 6.92 Å². The Labute approximate surface area is 82.5 Å². The summed E-state index contributed by atoms with van der Waals surface area (Å²) in [6.07, 6.45) is 0. The Morgan fingerprint density at radius 1 is 1.50 bits per heavy atom. The van der Waals surface area contributed by atoms with Crippen LogP contribution in [0.25, 0.3) is 0 Å². The van der Waals surface area contributed by atoms with Gasteiger partial charge in [-0.3, -0.25) is 0 Å². The molecular formula is C9H11NO3S. The van der Waals surface area contributed by atoms with Crippen LogP contribution in [0.5, 0.6) is 5.75 Å². The summed E-state index contributed by atoms with van der Waals surface area (Å²) < 4.78 is 23.4. The molecule has 14 heavy (non-hydrogen) atoms. The quantitative estimate of drug-likeness (QED) is 0.630. The second-order valence-electron chi connectivity index (χ2n) is 3.51. The SMILES string of the molecule is CC1CS(=O)(=O)c2cc(O)ccc2N1. The summed E-state index contributed by atoms with van der Waals surface area (Å²) in [6, 6.07) is 4.25. The first-order chi connectivity index (χ1) is 6.49. The standard InChI is InChI=1S/C9H11NO3S/c1-6-5-14(12,13)9-4-7(11)2-3-8(9)10-6/h2-4,6,10-11H,5H2,1H3. The molecule has 1 atom stereocenters. The van der Waals surface area contributed by atoms with Gasteiger partial charge in [-0.2, -0.15) is 0 Å². The molecule has 76 valence electrons. The third kappa shape index (κ3) is 1.43. The normalized spacial score (nSPS) is 23.6. The number of benzene rings is 1. The van der Waals surface area contributed by atoms with Crippen LogP contribution in [-0.4, -0.2) is 25.3 Å². The molecule has 0 bridgehead atoms. The number of phenolic OH excluding ortho intramolecular Hbond substituents is 1. The minimum Gasteiger partial charge on any atom is -0.508 e. The van der Waals surface area contributed by atoms with Crippen LogP contribution in [0.2, 0.25) is 0 Å². The Kier molecular flexibility index (Phi) is 1.92. The number of sulfone groups is 1. The maximum atomic E-state index is 11.7. The molecule has 5 heteroatoms. The highest BCUT2D eigenvalue weighted by Crippen LogP contribution is 2.31. The molecule has 0 spiro atoms. The van der Waals surface area contributed by atoms with E-state index in [9.17, 15) is 13.5 Å². The van der Waals surface area contributed by atoms with Crippen molar-refractivity contribution in [1.82, 2.24) is 0 Å². The fourth-order valence-corrected chi connectivity index (χ4v) is 3.30. The molecule has 0 aliphatic carbocycles. The number of nitrogens with one attached hydrogen (secondary N) is 1. The van der Waals surface area contributed by atoms with Gasteiger partial charge in [-0.25, -0.2) is 8.42 Å². The van der Waals surface area contributed by atoms with Gasteiger partial charge in [0.05, 0.1) is 16.3 Å². The van der Waals surface area contributed by atoms with E-state index in [0.717, 1.165) is 0 Å².